The maximum atomic E-state index is 3.97. The molecule has 0 heterocycles. The summed E-state index contributed by atoms with van der Waals surface area (Å²) >= 11 is 0. The minimum absolute atomic E-state index is 0. The van der Waals surface area contributed by atoms with Crippen LogP contribution in [-0.2, 0) is 0 Å². The van der Waals surface area contributed by atoms with Crippen LogP contribution < -0.4 is 0 Å². The summed E-state index contributed by atoms with van der Waals surface area (Å²) in [7, 11) is 0. The Hall–Kier alpha value is 1.49. The molecule has 0 radical (unpaired) electrons. The molecule has 0 aromatic rings. The number of rotatable bonds is 4. The van der Waals surface area contributed by atoms with E-state index in [4.69, 9.17) is 0 Å². The molecule has 0 unspecified atom stereocenters. The van der Waals surface area contributed by atoms with E-state index in [0.717, 1.165) is 26.2 Å². The van der Waals surface area contributed by atoms with Crippen molar-refractivity contribution in [3.63, 3.8) is 0 Å². The zero-order valence-corrected chi connectivity index (χ0v) is 12.9. The van der Waals surface area contributed by atoms with E-state index in [1.807, 2.05) is 27.7 Å². The zero-order chi connectivity index (χ0) is 8.24. The van der Waals surface area contributed by atoms with Crippen LogP contribution >= 0.6 is 0 Å². The van der Waals surface area contributed by atoms with E-state index in [0.29, 0.717) is 0 Å². The Kier molecular flexibility index (Phi) is 37.5. The first-order chi connectivity index (χ1) is 4.83. The van der Waals surface area contributed by atoms with Crippen LogP contribution in [-0.4, -0.2) is 75.1 Å². The van der Waals surface area contributed by atoms with Gasteiger partial charge in [0.25, 0.3) is 0 Å². The van der Waals surface area contributed by atoms with Crippen LogP contribution in [0.5, 0.6) is 0 Å². The summed E-state index contributed by atoms with van der Waals surface area (Å²) in [6.07, 6.45) is 0. The van der Waals surface area contributed by atoms with Gasteiger partial charge in [-0.2, -0.15) is 26.2 Å². The molecule has 0 aliphatic heterocycles. The van der Waals surface area contributed by atoms with Crippen molar-refractivity contribution in [3.05, 3.63) is 10.6 Å². The average Bonchev–Trinajstić information content (AvgIpc) is 1.93. The molecular formula is C8H20BaN2. The maximum absolute atomic E-state index is 3.97. The van der Waals surface area contributed by atoms with E-state index in [1.165, 1.54) is 0 Å². The first-order valence-corrected chi connectivity index (χ1v) is 4.09. The van der Waals surface area contributed by atoms with Gasteiger partial charge < -0.3 is 10.6 Å². The molecule has 0 saturated carbocycles. The molecule has 0 N–H and O–H groups in total. The summed E-state index contributed by atoms with van der Waals surface area (Å²) in [6, 6.07) is 0. The second kappa shape index (κ2) is 22.5. The van der Waals surface area contributed by atoms with Crippen LogP contribution in [0.15, 0.2) is 0 Å². The molecule has 2 nitrogen and oxygen atoms in total. The standard InChI is InChI=1S/2C4H10N.Ba/c2*1-3-5-4-2;/h2*3-4H2,1-2H3;/q2*-1;+2. The van der Waals surface area contributed by atoms with E-state index in [9.17, 15) is 0 Å². The Balaban J connectivity index is -0.000000107. The third-order valence-electron chi connectivity index (χ3n) is 0.894. The molecule has 0 aromatic carbocycles. The van der Waals surface area contributed by atoms with Gasteiger partial charge in [0.15, 0.2) is 0 Å². The largest absolute Gasteiger partial charge is 2.00 e. The van der Waals surface area contributed by atoms with Crippen LogP contribution in [0.1, 0.15) is 27.7 Å². The molecule has 0 bridgehead atoms. The van der Waals surface area contributed by atoms with Crippen LogP contribution in [0.4, 0.5) is 0 Å². The van der Waals surface area contributed by atoms with Gasteiger partial charge in [0.2, 0.25) is 0 Å². The molecule has 11 heavy (non-hydrogen) atoms. The van der Waals surface area contributed by atoms with Crippen molar-refractivity contribution in [2.45, 2.75) is 27.7 Å². The van der Waals surface area contributed by atoms with E-state index in [1.54, 1.807) is 0 Å². The van der Waals surface area contributed by atoms with Crippen LogP contribution in [0.2, 0.25) is 0 Å². The number of hydrogen-bond donors (Lipinski definition) is 0. The number of nitrogens with zero attached hydrogens (tertiary/aromatic N) is 2. The summed E-state index contributed by atoms with van der Waals surface area (Å²) in [5.74, 6) is 0. The Morgan fingerprint density at radius 3 is 0.818 bits per heavy atom. The maximum Gasteiger partial charge on any atom is 2.00 e. The summed E-state index contributed by atoms with van der Waals surface area (Å²) in [5.41, 5.74) is 0. The first-order valence-electron chi connectivity index (χ1n) is 4.09. The average molecular weight is 282 g/mol. The molecule has 0 fully saturated rings. The van der Waals surface area contributed by atoms with E-state index in [2.05, 4.69) is 10.6 Å². The van der Waals surface area contributed by atoms with Gasteiger partial charge in [-0.25, -0.2) is 0 Å². The van der Waals surface area contributed by atoms with Gasteiger partial charge in [0.1, 0.15) is 0 Å². The predicted octanol–water partition coefficient (Wildman–Crippen LogP) is 2.42. The van der Waals surface area contributed by atoms with Crippen LogP contribution in [0, 0.1) is 0 Å². The van der Waals surface area contributed by atoms with Crippen molar-refractivity contribution >= 4 is 48.9 Å². The SMILES string of the molecule is CC[N-]CC.CC[N-]CC.[Ba+2]. The molecule has 3 heteroatoms. The Bertz CT molecular complexity index is 33.1. The summed E-state index contributed by atoms with van der Waals surface area (Å²) in [6.45, 7) is 12.1. The molecule has 0 aliphatic rings. The predicted molar refractivity (Wildman–Crippen MR) is 54.6 cm³/mol. The quantitative estimate of drug-likeness (QED) is 0.708. The molecule has 0 rings (SSSR count). The molecule has 0 spiro atoms. The monoisotopic (exact) mass is 282 g/mol. The minimum atomic E-state index is 0. The normalized spacial score (nSPS) is 7.64. The molecule has 0 atom stereocenters. The van der Waals surface area contributed by atoms with E-state index in [-0.39, 0.29) is 48.9 Å². The van der Waals surface area contributed by atoms with Crippen LogP contribution in [0.25, 0.3) is 10.6 Å². The molecule has 0 aromatic heterocycles. The topological polar surface area (TPSA) is 28.2 Å². The van der Waals surface area contributed by atoms with Crippen molar-refractivity contribution in [1.29, 1.82) is 0 Å². The van der Waals surface area contributed by atoms with Crippen molar-refractivity contribution in [2.75, 3.05) is 26.2 Å². The van der Waals surface area contributed by atoms with Crippen molar-refractivity contribution < 1.29 is 0 Å². The van der Waals surface area contributed by atoms with Gasteiger partial charge in [-0.05, 0) is 0 Å². The molecule has 64 valence electrons. The Morgan fingerprint density at radius 2 is 0.818 bits per heavy atom. The smallest absolute Gasteiger partial charge is 0.663 e. The van der Waals surface area contributed by atoms with Gasteiger partial charge in [-0.3, -0.25) is 0 Å². The van der Waals surface area contributed by atoms with Gasteiger partial charge >= 0.3 is 48.9 Å². The fourth-order valence-electron chi connectivity index (χ4n) is 0.447. The molecular weight excluding hydrogens is 261 g/mol. The molecule has 0 aliphatic carbocycles. The summed E-state index contributed by atoms with van der Waals surface area (Å²) in [4.78, 5) is 0. The minimum Gasteiger partial charge on any atom is -0.663 e. The second-order valence-corrected chi connectivity index (χ2v) is 1.71. The number of hydrogen-bond acceptors (Lipinski definition) is 0. The van der Waals surface area contributed by atoms with Gasteiger partial charge in [-0.1, -0.05) is 27.7 Å². The third-order valence-corrected chi connectivity index (χ3v) is 0.894. The van der Waals surface area contributed by atoms with Gasteiger partial charge in [-0.15, -0.1) is 0 Å². The van der Waals surface area contributed by atoms with E-state index >= 15 is 0 Å². The van der Waals surface area contributed by atoms with Gasteiger partial charge in [0.05, 0.1) is 0 Å². The second-order valence-electron chi connectivity index (χ2n) is 1.71. The Morgan fingerprint density at radius 1 is 0.636 bits per heavy atom. The van der Waals surface area contributed by atoms with Crippen molar-refractivity contribution in [2.24, 2.45) is 0 Å². The zero-order valence-electron chi connectivity index (χ0n) is 8.43. The molecule has 0 saturated heterocycles. The van der Waals surface area contributed by atoms with Crippen LogP contribution in [0.3, 0.4) is 0 Å². The van der Waals surface area contributed by atoms with E-state index < -0.39 is 0 Å². The molecule has 0 amide bonds. The van der Waals surface area contributed by atoms with Crippen molar-refractivity contribution in [3.8, 4) is 0 Å². The Labute approximate surface area is 112 Å². The summed E-state index contributed by atoms with van der Waals surface area (Å²) in [5, 5.41) is 7.94. The third kappa shape index (κ3) is 34.3. The first kappa shape index (κ1) is 18.3. The fraction of sp³-hybridized carbons (Fsp3) is 1.00. The van der Waals surface area contributed by atoms with Crippen molar-refractivity contribution in [1.82, 2.24) is 0 Å². The fourth-order valence-corrected chi connectivity index (χ4v) is 0.447. The summed E-state index contributed by atoms with van der Waals surface area (Å²) < 4.78 is 0. The van der Waals surface area contributed by atoms with Gasteiger partial charge in [0, 0.05) is 0 Å².